The molecule has 0 aromatic heterocycles. The summed E-state index contributed by atoms with van der Waals surface area (Å²) in [6.07, 6.45) is -5.55. The zero-order valence-electron chi connectivity index (χ0n) is 10.1. The highest BCUT2D eigenvalue weighted by atomic mass is 19.4. The molecule has 0 aliphatic heterocycles. The number of carbonyl (C=O) groups is 2. The van der Waals surface area contributed by atoms with Crippen molar-refractivity contribution < 1.29 is 33.0 Å². The molecule has 3 N–H and O–H groups in total. The molecule has 0 heterocycles. The predicted octanol–water partition coefficient (Wildman–Crippen LogP) is 1.63. The molecule has 1 rings (SSSR count). The molecule has 0 bridgehead atoms. The first-order valence-electron chi connectivity index (χ1n) is 5.56. The highest BCUT2D eigenvalue weighted by Gasteiger charge is 2.38. The quantitative estimate of drug-likeness (QED) is 0.769. The van der Waals surface area contributed by atoms with Crippen LogP contribution < -0.4 is 5.32 Å². The van der Waals surface area contributed by atoms with Gasteiger partial charge in [-0.1, -0.05) is 18.2 Å². The number of benzene rings is 1. The number of carboxylic acid groups (broad SMARTS) is 1. The summed E-state index contributed by atoms with van der Waals surface area (Å²) in [4.78, 5) is 21.4. The number of rotatable bonds is 5. The van der Waals surface area contributed by atoms with Gasteiger partial charge >= 0.3 is 18.1 Å². The number of nitrogens with one attached hydrogen (secondary N) is 1. The molecule has 0 spiro atoms. The van der Waals surface area contributed by atoms with Gasteiger partial charge in [-0.3, -0.25) is 9.59 Å². The molecule has 1 aromatic carbocycles. The minimum atomic E-state index is -5.04. The van der Waals surface area contributed by atoms with Crippen LogP contribution in [0.25, 0.3) is 0 Å². The van der Waals surface area contributed by atoms with Crippen LogP contribution in [0.15, 0.2) is 24.3 Å². The van der Waals surface area contributed by atoms with Crippen LogP contribution >= 0.6 is 0 Å². The lowest BCUT2D eigenvalue weighted by atomic mass is 9.94. The van der Waals surface area contributed by atoms with Crippen LogP contribution in [0.5, 0.6) is 5.75 Å². The fourth-order valence-corrected chi connectivity index (χ4v) is 1.65. The van der Waals surface area contributed by atoms with Gasteiger partial charge in [0.15, 0.2) is 0 Å². The number of carbonyl (C=O) groups excluding carboxylic acids is 1. The average Bonchev–Trinajstić information content (AvgIpc) is 2.33. The van der Waals surface area contributed by atoms with Crippen molar-refractivity contribution in [1.29, 1.82) is 0 Å². The second kappa shape index (κ2) is 6.27. The average molecular weight is 291 g/mol. The van der Waals surface area contributed by atoms with Gasteiger partial charge < -0.3 is 15.5 Å². The van der Waals surface area contributed by atoms with Crippen molar-refractivity contribution in [1.82, 2.24) is 5.32 Å². The second-order valence-electron chi connectivity index (χ2n) is 4.06. The summed E-state index contributed by atoms with van der Waals surface area (Å²) in [6.45, 7) is -0.539. The van der Waals surface area contributed by atoms with Crippen LogP contribution in [0.1, 0.15) is 17.9 Å². The maximum atomic E-state index is 12.1. The number of amides is 1. The predicted molar refractivity (Wildman–Crippen MR) is 62.2 cm³/mol. The zero-order valence-corrected chi connectivity index (χ0v) is 10.1. The van der Waals surface area contributed by atoms with E-state index in [0.717, 1.165) is 0 Å². The summed E-state index contributed by atoms with van der Waals surface area (Å²) in [7, 11) is 0. The molecule has 110 valence electrons. The Labute approximate surface area is 112 Å². The Morgan fingerprint density at radius 2 is 1.85 bits per heavy atom. The molecular formula is C12H12F3NO4. The van der Waals surface area contributed by atoms with E-state index in [2.05, 4.69) is 0 Å². The number of alkyl halides is 3. The van der Waals surface area contributed by atoms with E-state index in [1.807, 2.05) is 0 Å². The maximum Gasteiger partial charge on any atom is 0.471 e. The Hall–Kier alpha value is -2.25. The number of aliphatic carboxylic acids is 1. The van der Waals surface area contributed by atoms with Gasteiger partial charge in [0, 0.05) is 12.5 Å². The first-order valence-corrected chi connectivity index (χ1v) is 5.56. The minimum absolute atomic E-state index is 0.164. The molecule has 5 nitrogen and oxygen atoms in total. The number of phenols is 1. The summed E-state index contributed by atoms with van der Waals surface area (Å²) < 4.78 is 36.2. The molecule has 0 aliphatic rings. The van der Waals surface area contributed by atoms with Crippen LogP contribution in [-0.2, 0) is 9.59 Å². The van der Waals surface area contributed by atoms with Crippen LogP contribution in [0, 0.1) is 0 Å². The van der Waals surface area contributed by atoms with Gasteiger partial charge in [-0.05, 0) is 11.6 Å². The lowest BCUT2D eigenvalue weighted by Crippen LogP contribution is -2.39. The third-order valence-electron chi connectivity index (χ3n) is 2.56. The molecule has 1 atom stereocenters. The number of phenolic OH excluding ortho intramolecular Hbond substituents is 1. The minimum Gasteiger partial charge on any atom is -0.508 e. The standard InChI is InChI=1S/C12H12F3NO4/c13-12(14,15)11(20)16-6-7(5-10(18)19)8-3-1-2-4-9(8)17/h1-4,7,17H,5-6H2,(H,16,20)(H,18,19). The normalized spacial score (nSPS) is 12.8. The first-order chi connectivity index (χ1) is 9.21. The van der Waals surface area contributed by atoms with Gasteiger partial charge in [0.2, 0.25) is 0 Å². The number of hydrogen-bond donors (Lipinski definition) is 3. The van der Waals surface area contributed by atoms with Crippen molar-refractivity contribution in [3.8, 4) is 5.75 Å². The largest absolute Gasteiger partial charge is 0.508 e. The van der Waals surface area contributed by atoms with Crippen molar-refractivity contribution in [3.05, 3.63) is 29.8 Å². The molecule has 0 saturated heterocycles. The first kappa shape index (κ1) is 15.8. The monoisotopic (exact) mass is 291 g/mol. The molecule has 0 radical (unpaired) electrons. The Bertz CT molecular complexity index is 502. The van der Waals surface area contributed by atoms with Crippen molar-refractivity contribution in [2.75, 3.05) is 6.54 Å². The van der Waals surface area contributed by atoms with Gasteiger partial charge in [0.25, 0.3) is 0 Å². The lowest BCUT2D eigenvalue weighted by Gasteiger charge is -2.17. The summed E-state index contributed by atoms with van der Waals surface area (Å²) >= 11 is 0. The topological polar surface area (TPSA) is 86.6 Å². The van der Waals surface area contributed by atoms with E-state index in [1.54, 1.807) is 5.32 Å². The number of para-hydroxylation sites is 1. The van der Waals surface area contributed by atoms with E-state index in [4.69, 9.17) is 5.11 Å². The third-order valence-corrected chi connectivity index (χ3v) is 2.56. The van der Waals surface area contributed by atoms with Crippen LogP contribution in [0.4, 0.5) is 13.2 Å². The van der Waals surface area contributed by atoms with Gasteiger partial charge in [-0.2, -0.15) is 13.2 Å². The molecule has 0 saturated carbocycles. The number of carboxylic acids is 1. The number of halogens is 3. The highest BCUT2D eigenvalue weighted by Crippen LogP contribution is 2.27. The van der Waals surface area contributed by atoms with Crippen molar-refractivity contribution >= 4 is 11.9 Å². The Morgan fingerprint density at radius 1 is 1.25 bits per heavy atom. The molecule has 1 unspecified atom stereocenters. The van der Waals surface area contributed by atoms with Gasteiger partial charge in [0.1, 0.15) is 5.75 Å². The van der Waals surface area contributed by atoms with E-state index >= 15 is 0 Å². The van der Waals surface area contributed by atoms with Crippen LogP contribution in [0.2, 0.25) is 0 Å². The van der Waals surface area contributed by atoms with E-state index in [1.165, 1.54) is 24.3 Å². The van der Waals surface area contributed by atoms with Crippen LogP contribution in [-0.4, -0.2) is 34.8 Å². The van der Waals surface area contributed by atoms with Gasteiger partial charge in [-0.15, -0.1) is 0 Å². The summed E-state index contributed by atoms with van der Waals surface area (Å²) in [5.41, 5.74) is 0.164. The Morgan fingerprint density at radius 3 is 2.35 bits per heavy atom. The van der Waals surface area contributed by atoms with E-state index in [-0.39, 0.29) is 11.3 Å². The van der Waals surface area contributed by atoms with Crippen molar-refractivity contribution in [2.24, 2.45) is 0 Å². The second-order valence-corrected chi connectivity index (χ2v) is 4.06. The fraction of sp³-hybridized carbons (Fsp3) is 0.333. The van der Waals surface area contributed by atoms with Crippen molar-refractivity contribution in [2.45, 2.75) is 18.5 Å². The molecular weight excluding hydrogens is 279 g/mol. The molecule has 0 fully saturated rings. The summed E-state index contributed by atoms with van der Waals surface area (Å²) in [6, 6.07) is 5.68. The van der Waals surface area contributed by atoms with E-state index in [0.29, 0.717) is 0 Å². The van der Waals surface area contributed by atoms with E-state index in [9.17, 15) is 27.9 Å². The molecule has 1 amide bonds. The lowest BCUT2D eigenvalue weighted by molar-refractivity contribution is -0.173. The zero-order chi connectivity index (χ0) is 15.3. The molecule has 8 heteroatoms. The summed E-state index contributed by atoms with van der Waals surface area (Å²) in [5.74, 6) is -4.59. The maximum absolute atomic E-state index is 12.1. The summed E-state index contributed by atoms with van der Waals surface area (Å²) in [5, 5.41) is 20.0. The van der Waals surface area contributed by atoms with Crippen molar-refractivity contribution in [3.63, 3.8) is 0 Å². The fourth-order valence-electron chi connectivity index (χ4n) is 1.65. The van der Waals surface area contributed by atoms with E-state index < -0.39 is 36.9 Å². The highest BCUT2D eigenvalue weighted by molar-refractivity contribution is 5.81. The van der Waals surface area contributed by atoms with Crippen LogP contribution in [0.3, 0.4) is 0 Å². The number of hydrogen-bond acceptors (Lipinski definition) is 3. The number of aromatic hydroxyl groups is 1. The Kier molecular flexibility index (Phi) is 4.95. The molecule has 20 heavy (non-hydrogen) atoms. The third kappa shape index (κ3) is 4.45. The molecule has 0 aliphatic carbocycles. The van der Waals surface area contributed by atoms with Gasteiger partial charge in [0.05, 0.1) is 6.42 Å². The Balaban J connectivity index is 2.84. The molecule has 1 aromatic rings. The van der Waals surface area contributed by atoms with Gasteiger partial charge in [-0.25, -0.2) is 0 Å². The smallest absolute Gasteiger partial charge is 0.471 e. The SMILES string of the molecule is O=C(O)CC(CNC(=O)C(F)(F)F)c1ccccc1O.